The van der Waals surface area contributed by atoms with Crippen LogP contribution in [-0.2, 0) is 33.2 Å². The third kappa shape index (κ3) is 32.7. The molecular formula is C68H123NO18. The summed E-state index contributed by atoms with van der Waals surface area (Å²) in [5.41, 5.74) is 0. The van der Waals surface area contributed by atoms with Gasteiger partial charge in [-0.3, -0.25) is 4.79 Å². The molecule has 0 radical (unpaired) electrons. The lowest BCUT2D eigenvalue weighted by Gasteiger charge is -2.48. The minimum absolute atomic E-state index is 0.226. The summed E-state index contributed by atoms with van der Waals surface area (Å²) in [6.07, 6.45) is 32.3. The highest BCUT2D eigenvalue weighted by Crippen LogP contribution is 2.33. The molecule has 508 valence electrons. The molecule has 0 saturated carbocycles. The van der Waals surface area contributed by atoms with Gasteiger partial charge in [0.2, 0.25) is 5.91 Å². The number of amides is 1. The molecule has 3 heterocycles. The summed E-state index contributed by atoms with van der Waals surface area (Å²) in [5.74, 6) is -0.293. The fourth-order valence-electron chi connectivity index (χ4n) is 11.5. The van der Waals surface area contributed by atoms with Gasteiger partial charge in [-0.15, -0.1) is 0 Å². The van der Waals surface area contributed by atoms with Crippen LogP contribution in [0.2, 0.25) is 0 Å². The number of hydrogen-bond donors (Lipinski definition) is 12. The van der Waals surface area contributed by atoms with Crippen molar-refractivity contribution in [1.29, 1.82) is 0 Å². The molecule has 0 aromatic heterocycles. The Morgan fingerprint density at radius 2 is 0.770 bits per heavy atom. The summed E-state index contributed by atoms with van der Waals surface area (Å²) in [4.78, 5) is 13.4. The molecule has 0 spiro atoms. The van der Waals surface area contributed by atoms with Crippen LogP contribution < -0.4 is 5.32 Å². The van der Waals surface area contributed by atoms with Crippen molar-refractivity contribution >= 4 is 5.91 Å². The van der Waals surface area contributed by atoms with Crippen LogP contribution in [0, 0.1) is 0 Å². The maximum Gasteiger partial charge on any atom is 0.220 e. The van der Waals surface area contributed by atoms with Crippen LogP contribution in [0.25, 0.3) is 0 Å². The second-order valence-corrected chi connectivity index (χ2v) is 24.6. The molecule has 1 amide bonds. The molecule has 0 bridgehead atoms. The Bertz CT molecular complexity index is 1770. The van der Waals surface area contributed by atoms with Crippen LogP contribution in [0.3, 0.4) is 0 Å². The molecule has 87 heavy (non-hydrogen) atoms. The Labute approximate surface area is 523 Å². The molecule has 17 unspecified atom stereocenters. The molecule has 3 fully saturated rings. The monoisotopic (exact) mass is 1240 g/mol. The number of hydrogen-bond acceptors (Lipinski definition) is 18. The number of carbonyl (C=O) groups excluding carboxylic acids is 1. The molecule has 0 aromatic rings. The van der Waals surface area contributed by atoms with E-state index < -0.39 is 124 Å². The predicted molar refractivity (Wildman–Crippen MR) is 337 cm³/mol. The number of ether oxygens (including phenoxy) is 6. The molecule has 3 aliphatic rings. The summed E-state index contributed by atoms with van der Waals surface area (Å²) < 4.78 is 34.3. The van der Waals surface area contributed by atoms with Crippen LogP contribution in [-0.4, -0.2) is 193 Å². The van der Waals surface area contributed by atoms with Crippen molar-refractivity contribution in [3.8, 4) is 0 Å². The highest BCUT2D eigenvalue weighted by atomic mass is 16.8. The minimum atomic E-state index is -1.98. The number of carbonyl (C=O) groups is 1. The summed E-state index contributed by atoms with van der Waals surface area (Å²) in [7, 11) is 0. The van der Waals surface area contributed by atoms with Gasteiger partial charge in [0, 0.05) is 6.42 Å². The van der Waals surface area contributed by atoms with Gasteiger partial charge in [-0.1, -0.05) is 223 Å². The van der Waals surface area contributed by atoms with E-state index in [9.17, 15) is 61.0 Å². The van der Waals surface area contributed by atoms with E-state index in [0.717, 1.165) is 77.0 Å². The zero-order valence-electron chi connectivity index (χ0n) is 53.5. The first kappa shape index (κ1) is 79.0. The van der Waals surface area contributed by atoms with Crippen LogP contribution in [0.4, 0.5) is 0 Å². The number of aliphatic hydroxyl groups is 11. The quantitative estimate of drug-likeness (QED) is 0.0200. The normalized spacial score (nSPS) is 28.9. The number of allylic oxidation sites excluding steroid dienone is 7. The third-order valence-corrected chi connectivity index (χ3v) is 17.1. The summed E-state index contributed by atoms with van der Waals surface area (Å²) in [6, 6.07) is -0.996. The molecule has 3 rings (SSSR count). The minimum Gasteiger partial charge on any atom is -0.394 e. The van der Waals surface area contributed by atoms with E-state index in [2.05, 4.69) is 55.6 Å². The Hall–Kier alpha value is -2.25. The number of aliphatic hydroxyl groups excluding tert-OH is 11. The highest BCUT2D eigenvalue weighted by Gasteiger charge is 2.53. The van der Waals surface area contributed by atoms with Crippen molar-refractivity contribution in [3.63, 3.8) is 0 Å². The fourth-order valence-corrected chi connectivity index (χ4v) is 11.5. The first-order valence-corrected chi connectivity index (χ1v) is 34.4. The van der Waals surface area contributed by atoms with E-state index in [-0.39, 0.29) is 18.9 Å². The van der Waals surface area contributed by atoms with E-state index in [1.165, 1.54) is 135 Å². The summed E-state index contributed by atoms with van der Waals surface area (Å²) in [5, 5.41) is 120. The molecule has 12 N–H and O–H groups in total. The lowest BCUT2D eigenvalue weighted by atomic mass is 9.96. The van der Waals surface area contributed by atoms with Crippen LogP contribution >= 0.6 is 0 Å². The van der Waals surface area contributed by atoms with Gasteiger partial charge in [0.05, 0.1) is 38.6 Å². The molecule has 17 atom stereocenters. The van der Waals surface area contributed by atoms with E-state index in [1.807, 2.05) is 6.08 Å². The Morgan fingerprint density at radius 1 is 0.414 bits per heavy atom. The molecule has 19 heteroatoms. The first-order chi connectivity index (χ1) is 42.3. The van der Waals surface area contributed by atoms with Gasteiger partial charge in [-0.05, 0) is 64.2 Å². The van der Waals surface area contributed by atoms with Gasteiger partial charge in [0.25, 0.3) is 0 Å². The zero-order valence-corrected chi connectivity index (χ0v) is 53.5. The van der Waals surface area contributed by atoms with Crippen molar-refractivity contribution in [2.45, 2.75) is 349 Å². The van der Waals surface area contributed by atoms with Gasteiger partial charge in [0.15, 0.2) is 18.9 Å². The highest BCUT2D eigenvalue weighted by molar-refractivity contribution is 5.76. The predicted octanol–water partition coefficient (Wildman–Crippen LogP) is 8.61. The Kier molecular flexibility index (Phi) is 45.7. The van der Waals surface area contributed by atoms with Crippen LogP contribution in [0.15, 0.2) is 48.6 Å². The van der Waals surface area contributed by atoms with Crippen molar-refractivity contribution in [1.82, 2.24) is 5.32 Å². The van der Waals surface area contributed by atoms with Gasteiger partial charge in [-0.25, -0.2) is 0 Å². The van der Waals surface area contributed by atoms with Crippen molar-refractivity contribution < 1.29 is 89.4 Å². The number of rotatable bonds is 52. The van der Waals surface area contributed by atoms with Crippen molar-refractivity contribution in [2.75, 3.05) is 26.4 Å². The van der Waals surface area contributed by atoms with Gasteiger partial charge in [0.1, 0.15) is 73.2 Å². The van der Waals surface area contributed by atoms with E-state index >= 15 is 0 Å². The Balaban J connectivity index is 1.46. The van der Waals surface area contributed by atoms with E-state index in [1.54, 1.807) is 6.08 Å². The van der Waals surface area contributed by atoms with E-state index in [4.69, 9.17) is 28.4 Å². The smallest absolute Gasteiger partial charge is 0.220 e. The lowest BCUT2D eigenvalue weighted by molar-refractivity contribution is -0.379. The molecular weight excluding hydrogens is 1120 g/mol. The molecule has 0 aromatic carbocycles. The largest absolute Gasteiger partial charge is 0.394 e. The standard InChI is InChI=1S/C68H123NO18/c1-3-5-7-9-11-13-15-17-19-21-22-23-24-25-26-27-28-30-31-33-35-37-39-41-43-45-52(73)51(69-56(74)46-44-42-40-38-36-34-32-29-20-18-16-14-12-10-8-6-4-2)50-82-66-62(80)59(77)64(54(48-71)84-66)87-68-63(81)60(78)65(55(49-72)85-68)86-67-61(79)58(76)57(75)53(47-70)83-67/h12,14,18,20,35,37,43,45,51-55,57-68,70-73,75-81H,3-11,13,15-17,19,21-34,36,38-42,44,46-50H2,1-2H3,(H,69,74)/b14-12-,20-18-,37-35+,45-43+. The Morgan fingerprint density at radius 3 is 1.24 bits per heavy atom. The van der Waals surface area contributed by atoms with Gasteiger partial charge >= 0.3 is 0 Å². The van der Waals surface area contributed by atoms with E-state index in [0.29, 0.717) is 12.8 Å². The van der Waals surface area contributed by atoms with Crippen molar-refractivity contribution in [2.24, 2.45) is 0 Å². The molecule has 3 saturated heterocycles. The van der Waals surface area contributed by atoms with Gasteiger partial charge < -0.3 is 89.9 Å². The maximum atomic E-state index is 13.4. The number of nitrogens with one attached hydrogen (secondary N) is 1. The average Bonchev–Trinajstić information content (AvgIpc) is 2.97. The number of unbranched alkanes of at least 4 members (excludes halogenated alkanes) is 30. The summed E-state index contributed by atoms with van der Waals surface area (Å²) >= 11 is 0. The average molecular weight is 1240 g/mol. The SMILES string of the molecule is CCCCC/C=C\C/C=C\CCCCCCCCCC(=O)NC(COC1OC(CO)C(OC2OC(CO)C(OC3OC(CO)C(O)C(O)C3O)C(O)C2O)C(O)C1O)C(O)/C=C/CC/C=C/CCCCCCCCCCCCCCCCCCCCC. The fraction of sp³-hybridized carbons (Fsp3) is 0.868. The topological polar surface area (TPSA) is 307 Å². The van der Waals surface area contributed by atoms with Crippen molar-refractivity contribution in [3.05, 3.63) is 48.6 Å². The lowest BCUT2D eigenvalue weighted by Crippen LogP contribution is -2.66. The first-order valence-electron chi connectivity index (χ1n) is 34.4. The zero-order chi connectivity index (χ0) is 63.3. The third-order valence-electron chi connectivity index (χ3n) is 17.1. The maximum absolute atomic E-state index is 13.4. The molecule has 19 nitrogen and oxygen atoms in total. The molecule has 0 aliphatic carbocycles. The second kappa shape index (κ2) is 50.3. The van der Waals surface area contributed by atoms with Crippen LogP contribution in [0.5, 0.6) is 0 Å². The summed E-state index contributed by atoms with van der Waals surface area (Å²) in [6.45, 7) is 1.69. The second-order valence-electron chi connectivity index (χ2n) is 24.6. The van der Waals surface area contributed by atoms with Crippen LogP contribution in [0.1, 0.15) is 245 Å². The van der Waals surface area contributed by atoms with Gasteiger partial charge in [-0.2, -0.15) is 0 Å². The molecule has 3 aliphatic heterocycles.